The zero-order valence-corrected chi connectivity index (χ0v) is 11.9. The predicted octanol–water partition coefficient (Wildman–Crippen LogP) is 2.65. The van der Waals surface area contributed by atoms with Gasteiger partial charge in [0.1, 0.15) is 0 Å². The van der Waals surface area contributed by atoms with E-state index in [-0.39, 0.29) is 0 Å². The fourth-order valence-corrected chi connectivity index (χ4v) is 2.27. The van der Waals surface area contributed by atoms with E-state index in [1.165, 1.54) is 24.0 Å². The lowest BCUT2D eigenvalue weighted by Gasteiger charge is -2.01. The van der Waals surface area contributed by atoms with Crippen molar-refractivity contribution in [2.75, 3.05) is 6.54 Å². The van der Waals surface area contributed by atoms with Crippen molar-refractivity contribution in [3.8, 4) is 0 Å². The number of aromatic nitrogens is 2. The molecule has 0 radical (unpaired) electrons. The second kappa shape index (κ2) is 6.18. The summed E-state index contributed by atoms with van der Waals surface area (Å²) in [5.74, 6) is 1.47. The summed E-state index contributed by atoms with van der Waals surface area (Å²) in [6.45, 7) is 3.15. The van der Waals surface area contributed by atoms with Crippen LogP contribution >= 0.6 is 0 Å². The number of nitrogens with zero attached hydrogens (tertiary/aromatic N) is 2. The molecule has 0 aliphatic heterocycles. The molecule has 1 aliphatic carbocycles. The van der Waals surface area contributed by atoms with Crippen LogP contribution in [0.1, 0.15) is 42.2 Å². The van der Waals surface area contributed by atoms with E-state index in [0.29, 0.717) is 5.89 Å². The minimum absolute atomic E-state index is 0.712. The quantitative estimate of drug-likeness (QED) is 0.787. The molecule has 1 heterocycles. The zero-order valence-electron chi connectivity index (χ0n) is 11.9. The van der Waals surface area contributed by atoms with E-state index in [1.54, 1.807) is 0 Å². The van der Waals surface area contributed by atoms with Crippen LogP contribution in [0.25, 0.3) is 0 Å². The van der Waals surface area contributed by atoms with E-state index >= 15 is 0 Å². The van der Waals surface area contributed by atoms with Gasteiger partial charge in [0.15, 0.2) is 0 Å². The molecule has 2 aromatic rings. The summed E-state index contributed by atoms with van der Waals surface area (Å²) in [6.07, 6.45) is 5.31. The molecule has 106 valence electrons. The Labute approximate surface area is 119 Å². The molecule has 3 rings (SSSR count). The highest BCUT2D eigenvalue weighted by atomic mass is 16.4. The highest BCUT2D eigenvalue weighted by Gasteiger charge is 2.19. The first-order valence-electron chi connectivity index (χ1n) is 7.40. The molecule has 0 unspecified atom stereocenters. The smallest absolute Gasteiger partial charge is 0.220 e. The van der Waals surface area contributed by atoms with Crippen molar-refractivity contribution in [3.05, 3.63) is 47.2 Å². The Morgan fingerprint density at radius 3 is 2.80 bits per heavy atom. The summed E-state index contributed by atoms with van der Waals surface area (Å²) in [5.41, 5.74) is 2.51. The molecular weight excluding hydrogens is 250 g/mol. The van der Waals surface area contributed by atoms with Crippen LogP contribution in [0.4, 0.5) is 0 Å². The molecule has 20 heavy (non-hydrogen) atoms. The van der Waals surface area contributed by atoms with E-state index in [0.717, 1.165) is 37.7 Å². The van der Waals surface area contributed by atoms with Gasteiger partial charge in [0.25, 0.3) is 0 Å². The largest absolute Gasteiger partial charge is 0.425 e. The molecule has 0 atom stereocenters. The number of benzene rings is 1. The van der Waals surface area contributed by atoms with Gasteiger partial charge in [-0.1, -0.05) is 24.3 Å². The minimum Gasteiger partial charge on any atom is -0.425 e. The summed E-state index contributed by atoms with van der Waals surface area (Å²) >= 11 is 0. The van der Waals surface area contributed by atoms with Gasteiger partial charge in [-0.3, -0.25) is 0 Å². The van der Waals surface area contributed by atoms with Crippen molar-refractivity contribution in [3.63, 3.8) is 0 Å². The van der Waals surface area contributed by atoms with Gasteiger partial charge >= 0.3 is 0 Å². The van der Waals surface area contributed by atoms with E-state index in [9.17, 15) is 0 Å². The van der Waals surface area contributed by atoms with Crippen LogP contribution in [0.3, 0.4) is 0 Å². The maximum atomic E-state index is 5.72. The lowest BCUT2D eigenvalue weighted by Crippen LogP contribution is -2.17. The van der Waals surface area contributed by atoms with Gasteiger partial charge in [0.05, 0.1) is 6.42 Å². The van der Waals surface area contributed by atoms with Gasteiger partial charge in [-0.2, -0.15) is 0 Å². The minimum atomic E-state index is 0.712. The van der Waals surface area contributed by atoms with E-state index in [2.05, 4.69) is 34.6 Å². The third-order valence-electron chi connectivity index (χ3n) is 3.69. The van der Waals surface area contributed by atoms with Crippen molar-refractivity contribution < 1.29 is 4.42 Å². The second-order valence-corrected chi connectivity index (χ2v) is 5.52. The lowest BCUT2D eigenvalue weighted by atomic mass is 10.1. The Kier molecular flexibility index (Phi) is 4.11. The van der Waals surface area contributed by atoms with E-state index < -0.39 is 0 Å². The SMILES string of the molecule is Cc1ccccc1Cc1nnc(CCCNC2CC2)o1. The number of rotatable bonds is 7. The van der Waals surface area contributed by atoms with Crippen LogP contribution in [0.5, 0.6) is 0 Å². The Morgan fingerprint density at radius 2 is 2.00 bits per heavy atom. The fraction of sp³-hybridized carbons (Fsp3) is 0.500. The van der Waals surface area contributed by atoms with Gasteiger partial charge in [0.2, 0.25) is 11.8 Å². The monoisotopic (exact) mass is 271 g/mol. The summed E-state index contributed by atoms with van der Waals surface area (Å²) in [6, 6.07) is 9.08. The highest BCUT2D eigenvalue weighted by molar-refractivity contribution is 5.27. The average molecular weight is 271 g/mol. The molecule has 4 nitrogen and oxygen atoms in total. The third kappa shape index (κ3) is 3.67. The molecule has 0 amide bonds. The van der Waals surface area contributed by atoms with Crippen LogP contribution < -0.4 is 5.32 Å². The molecule has 1 N–H and O–H groups in total. The Balaban J connectivity index is 1.49. The number of nitrogens with one attached hydrogen (secondary N) is 1. The van der Waals surface area contributed by atoms with Crippen LogP contribution in [-0.2, 0) is 12.8 Å². The summed E-state index contributed by atoms with van der Waals surface area (Å²) in [4.78, 5) is 0. The molecule has 1 saturated carbocycles. The van der Waals surface area contributed by atoms with Crippen molar-refractivity contribution in [1.29, 1.82) is 0 Å². The molecule has 1 aliphatic rings. The first-order chi connectivity index (χ1) is 9.81. The molecular formula is C16H21N3O. The predicted molar refractivity (Wildman–Crippen MR) is 77.6 cm³/mol. The summed E-state index contributed by atoms with van der Waals surface area (Å²) < 4.78 is 5.72. The molecule has 1 aromatic carbocycles. The van der Waals surface area contributed by atoms with Gasteiger partial charge in [0, 0.05) is 12.5 Å². The van der Waals surface area contributed by atoms with E-state index in [4.69, 9.17) is 4.42 Å². The highest BCUT2D eigenvalue weighted by Crippen LogP contribution is 2.18. The normalized spacial score (nSPS) is 14.7. The van der Waals surface area contributed by atoms with Gasteiger partial charge < -0.3 is 9.73 Å². The molecule has 1 aromatic heterocycles. The number of hydrogen-bond acceptors (Lipinski definition) is 4. The van der Waals surface area contributed by atoms with Crippen molar-refractivity contribution in [2.24, 2.45) is 0 Å². The Bertz CT molecular complexity index is 560. The molecule has 0 spiro atoms. The van der Waals surface area contributed by atoms with Gasteiger partial charge in [-0.25, -0.2) is 0 Å². The van der Waals surface area contributed by atoms with E-state index in [1.807, 2.05) is 12.1 Å². The topological polar surface area (TPSA) is 51.0 Å². The average Bonchev–Trinajstić information content (AvgIpc) is 3.17. The Morgan fingerprint density at radius 1 is 1.20 bits per heavy atom. The second-order valence-electron chi connectivity index (χ2n) is 5.52. The van der Waals surface area contributed by atoms with Gasteiger partial charge in [-0.15, -0.1) is 10.2 Å². The van der Waals surface area contributed by atoms with Crippen LogP contribution in [-0.4, -0.2) is 22.8 Å². The molecule has 0 saturated heterocycles. The van der Waals surface area contributed by atoms with Gasteiger partial charge in [-0.05, 0) is 43.9 Å². The van der Waals surface area contributed by atoms with Crippen molar-refractivity contribution in [2.45, 2.75) is 45.1 Å². The molecule has 1 fully saturated rings. The number of hydrogen-bond donors (Lipinski definition) is 1. The van der Waals surface area contributed by atoms with Crippen molar-refractivity contribution in [1.82, 2.24) is 15.5 Å². The maximum absolute atomic E-state index is 5.72. The fourth-order valence-electron chi connectivity index (χ4n) is 2.27. The lowest BCUT2D eigenvalue weighted by molar-refractivity contribution is 0.448. The molecule has 4 heteroatoms. The van der Waals surface area contributed by atoms with Crippen LogP contribution in [0.15, 0.2) is 28.7 Å². The first kappa shape index (κ1) is 13.3. The standard InChI is InChI=1S/C16H21N3O/c1-12-5-2-3-6-13(12)11-16-19-18-15(20-16)7-4-10-17-14-8-9-14/h2-3,5-6,14,17H,4,7-11H2,1H3. The van der Waals surface area contributed by atoms with Crippen LogP contribution in [0, 0.1) is 6.92 Å². The van der Waals surface area contributed by atoms with Crippen molar-refractivity contribution >= 4 is 0 Å². The summed E-state index contributed by atoms with van der Waals surface area (Å²) in [5, 5.41) is 11.8. The maximum Gasteiger partial charge on any atom is 0.220 e. The summed E-state index contributed by atoms with van der Waals surface area (Å²) in [7, 11) is 0. The Hall–Kier alpha value is -1.68. The first-order valence-corrected chi connectivity index (χ1v) is 7.40. The molecule has 0 bridgehead atoms. The van der Waals surface area contributed by atoms with Crippen LogP contribution in [0.2, 0.25) is 0 Å². The third-order valence-corrected chi connectivity index (χ3v) is 3.69. The zero-order chi connectivity index (χ0) is 13.8. The number of aryl methyl sites for hydroxylation is 2.